The normalized spacial score (nSPS) is 51.1. The SMILES string of the molecule is O=C(OCC1(COC(=O)C23CC4CC(CC(O)(C4)C2)C3)COC2(OC1)C1CC3CC2CC(OC(=O)C(F)(F)SOOO)(C3)C1)C12CC3CC(CC(O)(C3)C1)C2. The second-order valence-corrected chi connectivity index (χ2v) is 21.4. The number of esters is 3. The summed E-state index contributed by atoms with van der Waals surface area (Å²) >= 11 is -0.645. The summed E-state index contributed by atoms with van der Waals surface area (Å²) in [6.45, 7) is -0.122. The van der Waals surface area contributed by atoms with E-state index in [0.29, 0.717) is 57.8 Å². The predicted octanol–water partition coefficient (Wildman–Crippen LogP) is 5.25. The highest BCUT2D eigenvalue weighted by Crippen LogP contribution is 2.66. The van der Waals surface area contributed by atoms with Crippen molar-refractivity contribution in [2.75, 3.05) is 26.4 Å². The molecule has 1 aliphatic heterocycles. The van der Waals surface area contributed by atoms with Crippen LogP contribution in [0.2, 0.25) is 0 Å². The largest absolute Gasteiger partial charge is 0.464 e. The average Bonchev–Trinajstić information content (AvgIpc) is 3.09. The van der Waals surface area contributed by atoms with E-state index in [1.165, 1.54) is 0 Å². The van der Waals surface area contributed by atoms with Crippen molar-refractivity contribution in [2.45, 2.75) is 137 Å². The Balaban J connectivity index is 0.863. The summed E-state index contributed by atoms with van der Waals surface area (Å²) in [5, 5.41) is 30.1. The van der Waals surface area contributed by atoms with Crippen molar-refractivity contribution in [1.29, 1.82) is 0 Å². The number of halogens is 2. The highest BCUT2D eigenvalue weighted by molar-refractivity contribution is 7.96. The van der Waals surface area contributed by atoms with Gasteiger partial charge in [0.15, 0.2) is 5.79 Å². The second-order valence-electron chi connectivity index (χ2n) is 20.5. The maximum Gasteiger partial charge on any atom is 0.415 e. The maximum absolute atomic E-state index is 14.5. The molecular formula is C39H52F2O13S. The van der Waals surface area contributed by atoms with Gasteiger partial charge in [-0.1, -0.05) is 5.04 Å². The standard InChI is InChI=1S/C39H52F2O13S/c40-39(41,55-54-53-47)31(44)52-37-13-22-3-27(14-37)38(28(4-22)15-37)50-20-32(21-51-38,18-48-29(42)33-5-23-1-24(6-33)10-35(45,9-23)16-33)19-49-30(43)34-7-25-2-26(8-34)12-36(46,11-25)17-34/h22-28,45-47H,1-21H2. The molecule has 306 valence electrons. The van der Waals surface area contributed by atoms with Crippen LogP contribution in [0.25, 0.3) is 0 Å². The van der Waals surface area contributed by atoms with Gasteiger partial charge in [0.25, 0.3) is 0 Å². The van der Waals surface area contributed by atoms with E-state index in [0.717, 1.165) is 38.5 Å². The Kier molecular flexibility index (Phi) is 8.50. The van der Waals surface area contributed by atoms with Crippen LogP contribution in [0.15, 0.2) is 0 Å². The van der Waals surface area contributed by atoms with Crippen molar-refractivity contribution in [3.63, 3.8) is 0 Å². The van der Waals surface area contributed by atoms with Crippen LogP contribution in [-0.4, -0.2) is 87.7 Å². The summed E-state index contributed by atoms with van der Waals surface area (Å²) in [6, 6.07) is 0. The second kappa shape index (κ2) is 12.4. The number of ether oxygens (including phenoxy) is 5. The lowest BCUT2D eigenvalue weighted by atomic mass is 9.48. The molecule has 6 unspecified atom stereocenters. The highest BCUT2D eigenvalue weighted by Gasteiger charge is 2.69. The maximum atomic E-state index is 14.5. The van der Waals surface area contributed by atoms with Gasteiger partial charge in [0, 0.05) is 11.8 Å². The van der Waals surface area contributed by atoms with Crippen molar-refractivity contribution in [3.05, 3.63) is 0 Å². The first-order chi connectivity index (χ1) is 26.0. The van der Waals surface area contributed by atoms with Crippen LogP contribution in [-0.2, 0) is 47.4 Å². The summed E-state index contributed by atoms with van der Waals surface area (Å²) in [5.74, 6) is -2.80. The zero-order chi connectivity index (χ0) is 38.3. The number of aliphatic hydroxyl groups is 2. The Hall–Kier alpha value is -1.66. The Labute approximate surface area is 322 Å². The molecule has 0 amide bonds. The summed E-state index contributed by atoms with van der Waals surface area (Å²) < 4.78 is 64.3. The molecule has 1 saturated heterocycles. The van der Waals surface area contributed by atoms with Gasteiger partial charge in [-0.15, -0.1) is 4.33 Å². The minimum atomic E-state index is -4.11. The molecule has 1 heterocycles. The number of hydrogen-bond acceptors (Lipinski definition) is 14. The summed E-state index contributed by atoms with van der Waals surface area (Å²) in [4.78, 5) is 40.8. The van der Waals surface area contributed by atoms with Crippen molar-refractivity contribution < 1.29 is 71.7 Å². The molecule has 3 N–H and O–H groups in total. The topological polar surface area (TPSA) is 177 Å². The molecule has 0 aromatic carbocycles. The lowest BCUT2D eigenvalue weighted by Gasteiger charge is -2.65. The van der Waals surface area contributed by atoms with Crippen molar-refractivity contribution in [1.82, 2.24) is 0 Å². The van der Waals surface area contributed by atoms with Gasteiger partial charge in [0.1, 0.15) is 30.9 Å². The van der Waals surface area contributed by atoms with Crippen LogP contribution in [0.4, 0.5) is 8.78 Å². The van der Waals surface area contributed by atoms with E-state index in [4.69, 9.17) is 28.9 Å². The predicted molar refractivity (Wildman–Crippen MR) is 183 cm³/mol. The van der Waals surface area contributed by atoms with Crippen LogP contribution in [0.5, 0.6) is 0 Å². The zero-order valence-electron chi connectivity index (χ0n) is 31.0. The van der Waals surface area contributed by atoms with Gasteiger partial charge in [0.05, 0.1) is 40.7 Å². The van der Waals surface area contributed by atoms with E-state index in [1.54, 1.807) is 0 Å². The van der Waals surface area contributed by atoms with Gasteiger partial charge in [-0.25, -0.2) is 10.1 Å². The van der Waals surface area contributed by atoms with Crippen LogP contribution in [0.3, 0.4) is 0 Å². The van der Waals surface area contributed by atoms with E-state index >= 15 is 0 Å². The summed E-state index contributed by atoms with van der Waals surface area (Å²) in [7, 11) is 0. The van der Waals surface area contributed by atoms with E-state index in [2.05, 4.69) is 9.37 Å². The average molecular weight is 799 g/mol. The molecule has 12 saturated carbocycles. The van der Waals surface area contributed by atoms with E-state index < -0.39 is 62.1 Å². The molecule has 13 aliphatic rings. The molecule has 55 heavy (non-hydrogen) atoms. The van der Waals surface area contributed by atoms with Gasteiger partial charge < -0.3 is 33.9 Å². The molecule has 0 aromatic heterocycles. The summed E-state index contributed by atoms with van der Waals surface area (Å²) in [6.07, 6.45) is 10.8. The van der Waals surface area contributed by atoms with Gasteiger partial charge in [0.2, 0.25) is 0 Å². The molecule has 13 rings (SSSR count). The fourth-order valence-corrected chi connectivity index (χ4v) is 15.5. The molecule has 0 aromatic rings. The number of hydrogen-bond donors (Lipinski definition) is 3. The first-order valence-electron chi connectivity index (χ1n) is 20.3. The molecule has 16 heteroatoms. The first-order valence-corrected chi connectivity index (χ1v) is 21.1. The highest BCUT2D eigenvalue weighted by atomic mass is 32.2. The molecular weight excluding hydrogens is 746 g/mol. The molecule has 0 radical (unpaired) electrons. The summed E-state index contributed by atoms with van der Waals surface area (Å²) in [5.41, 5.74) is -5.36. The number of alkyl halides is 2. The van der Waals surface area contributed by atoms with E-state index in [1.807, 2.05) is 0 Å². The van der Waals surface area contributed by atoms with Gasteiger partial charge in [-0.05, 0) is 139 Å². The first kappa shape index (κ1) is 37.6. The third-order valence-electron chi connectivity index (χ3n) is 16.1. The Morgan fingerprint density at radius 1 is 0.673 bits per heavy atom. The molecule has 6 atom stereocenters. The minimum Gasteiger partial charge on any atom is -0.464 e. The number of carbonyl (C=O) groups is 3. The van der Waals surface area contributed by atoms with Gasteiger partial charge in [-0.2, -0.15) is 8.78 Å². The number of rotatable bonds is 11. The fraction of sp³-hybridized carbons (Fsp3) is 0.923. The zero-order valence-corrected chi connectivity index (χ0v) is 31.8. The van der Waals surface area contributed by atoms with Crippen LogP contribution < -0.4 is 0 Å². The Bertz CT molecular complexity index is 1500. The molecule has 12 aliphatic carbocycles. The Morgan fingerprint density at radius 2 is 1.15 bits per heavy atom. The molecule has 13 nitrogen and oxygen atoms in total. The van der Waals surface area contributed by atoms with E-state index in [9.17, 15) is 33.4 Å². The third-order valence-corrected chi connectivity index (χ3v) is 16.6. The number of carbonyl (C=O) groups excluding carboxylic acids is 3. The van der Waals surface area contributed by atoms with Crippen molar-refractivity contribution in [3.8, 4) is 0 Å². The molecule has 1 spiro atoms. The van der Waals surface area contributed by atoms with Gasteiger partial charge in [-0.3, -0.25) is 9.59 Å². The monoisotopic (exact) mass is 798 g/mol. The van der Waals surface area contributed by atoms with Crippen LogP contribution in [0, 0.1) is 57.7 Å². The van der Waals surface area contributed by atoms with Crippen LogP contribution in [0.1, 0.15) is 109 Å². The van der Waals surface area contributed by atoms with Crippen LogP contribution >= 0.6 is 12.0 Å². The van der Waals surface area contributed by atoms with E-state index in [-0.39, 0.29) is 92.6 Å². The van der Waals surface area contributed by atoms with Crippen molar-refractivity contribution in [2.24, 2.45) is 57.7 Å². The Morgan fingerprint density at radius 3 is 1.58 bits per heavy atom. The van der Waals surface area contributed by atoms with Crippen molar-refractivity contribution >= 4 is 30.0 Å². The smallest absolute Gasteiger partial charge is 0.415 e. The quantitative estimate of drug-likeness (QED) is 0.0813. The van der Waals surface area contributed by atoms with Gasteiger partial charge >= 0.3 is 23.2 Å². The third kappa shape index (κ3) is 6.11. The molecule has 12 bridgehead atoms. The lowest BCUT2D eigenvalue weighted by Crippen LogP contribution is -2.69. The lowest BCUT2D eigenvalue weighted by molar-refractivity contribution is -0.433. The minimum absolute atomic E-state index is 0.0512. The fourth-order valence-electron chi connectivity index (χ4n) is 15.3. The molecule has 13 fully saturated rings.